The van der Waals surface area contributed by atoms with Crippen molar-refractivity contribution in [3.63, 3.8) is 0 Å². The molecule has 3 aliphatic heterocycles. The van der Waals surface area contributed by atoms with Gasteiger partial charge in [0.2, 0.25) is 5.91 Å². The fraction of sp³-hybridized carbons (Fsp3) is 0.895. The third-order valence-corrected chi connectivity index (χ3v) is 6.25. The van der Waals surface area contributed by atoms with Gasteiger partial charge in [-0.05, 0) is 13.8 Å². The number of carbonyl (C=O) groups excluding carboxylic acids is 2. The Bertz CT molecular complexity index is 525. The van der Waals surface area contributed by atoms with Crippen LogP contribution in [0.5, 0.6) is 0 Å². The van der Waals surface area contributed by atoms with Gasteiger partial charge in [0.15, 0.2) is 0 Å². The molecule has 8 nitrogen and oxygen atoms in total. The van der Waals surface area contributed by atoms with E-state index in [9.17, 15) is 9.59 Å². The van der Waals surface area contributed by atoms with Crippen LogP contribution >= 0.6 is 0 Å². The number of piperazine rings is 1. The van der Waals surface area contributed by atoms with Crippen LogP contribution in [-0.4, -0.2) is 109 Å². The van der Waals surface area contributed by atoms with E-state index in [4.69, 9.17) is 10.5 Å². The Labute approximate surface area is 162 Å². The van der Waals surface area contributed by atoms with E-state index >= 15 is 0 Å². The Morgan fingerprint density at radius 3 is 2.37 bits per heavy atom. The van der Waals surface area contributed by atoms with Crippen molar-refractivity contribution in [1.29, 1.82) is 0 Å². The van der Waals surface area contributed by atoms with Gasteiger partial charge in [-0.2, -0.15) is 0 Å². The summed E-state index contributed by atoms with van der Waals surface area (Å²) in [6.45, 7) is 12.7. The Balaban J connectivity index is 1.43. The van der Waals surface area contributed by atoms with Gasteiger partial charge in [-0.15, -0.1) is 0 Å². The van der Waals surface area contributed by atoms with Gasteiger partial charge in [0.25, 0.3) is 0 Å². The molecule has 0 aromatic carbocycles. The molecule has 3 saturated heterocycles. The quantitative estimate of drug-likeness (QED) is 0.707. The van der Waals surface area contributed by atoms with Gasteiger partial charge in [-0.3, -0.25) is 14.6 Å². The van der Waals surface area contributed by atoms with Gasteiger partial charge in [0, 0.05) is 84.2 Å². The Hall–Kier alpha value is -1.38. The highest BCUT2D eigenvalue weighted by Crippen LogP contribution is 2.33. The number of carbonyl (C=O) groups is 2. The molecule has 1 spiro atoms. The Kier molecular flexibility index (Phi) is 6.60. The first-order valence-corrected chi connectivity index (χ1v) is 10.3. The number of hydrogen-bond acceptors (Lipinski definition) is 6. The third-order valence-electron chi connectivity index (χ3n) is 6.25. The third kappa shape index (κ3) is 4.92. The van der Waals surface area contributed by atoms with E-state index in [-0.39, 0.29) is 12.0 Å². The Morgan fingerprint density at radius 2 is 1.78 bits per heavy atom. The maximum atomic E-state index is 12.4. The van der Waals surface area contributed by atoms with Crippen molar-refractivity contribution in [1.82, 2.24) is 19.6 Å². The van der Waals surface area contributed by atoms with Crippen LogP contribution in [0.15, 0.2) is 0 Å². The number of ether oxygens (including phenoxy) is 1. The highest BCUT2D eigenvalue weighted by molar-refractivity contribution is 5.76. The summed E-state index contributed by atoms with van der Waals surface area (Å²) >= 11 is 0. The molecule has 27 heavy (non-hydrogen) atoms. The molecule has 0 atom stereocenters. The monoisotopic (exact) mass is 381 g/mol. The standard InChI is InChI=1S/C19H35N5O3/c1-16(2)22-12-9-21(10-13-22)11-14-24-15-19(27-18(24)26)4-7-23(8-5-19)17(25)3-6-20/h16H,3-15,20H2,1-2H3. The maximum Gasteiger partial charge on any atom is 0.410 e. The lowest BCUT2D eigenvalue weighted by atomic mass is 9.91. The van der Waals surface area contributed by atoms with Gasteiger partial charge in [0.1, 0.15) is 5.60 Å². The maximum absolute atomic E-state index is 12.4. The number of piperidine rings is 1. The highest BCUT2D eigenvalue weighted by Gasteiger charge is 2.47. The molecule has 0 aromatic heterocycles. The molecule has 3 aliphatic rings. The first-order chi connectivity index (χ1) is 12.9. The minimum Gasteiger partial charge on any atom is -0.441 e. The largest absolute Gasteiger partial charge is 0.441 e. The SMILES string of the molecule is CC(C)N1CCN(CCN2CC3(CCN(C(=O)CCN)CC3)OC2=O)CC1. The summed E-state index contributed by atoms with van der Waals surface area (Å²) in [5.41, 5.74) is 5.07. The minimum atomic E-state index is -0.410. The van der Waals surface area contributed by atoms with Crippen molar-refractivity contribution >= 4 is 12.0 Å². The van der Waals surface area contributed by atoms with Crippen LogP contribution in [0.3, 0.4) is 0 Å². The summed E-state index contributed by atoms with van der Waals surface area (Å²) in [6, 6.07) is 0.600. The number of nitrogens with two attached hydrogens (primary N) is 1. The lowest BCUT2D eigenvalue weighted by Gasteiger charge is -2.38. The number of amides is 2. The van der Waals surface area contributed by atoms with Gasteiger partial charge >= 0.3 is 6.09 Å². The van der Waals surface area contributed by atoms with Crippen molar-refractivity contribution in [2.24, 2.45) is 5.73 Å². The molecule has 0 bridgehead atoms. The number of hydrogen-bond donors (Lipinski definition) is 1. The fourth-order valence-electron chi connectivity index (χ4n) is 4.34. The smallest absolute Gasteiger partial charge is 0.410 e. The van der Waals surface area contributed by atoms with Gasteiger partial charge in [0.05, 0.1) is 6.54 Å². The van der Waals surface area contributed by atoms with E-state index in [1.165, 1.54) is 0 Å². The number of likely N-dealkylation sites (tertiary alicyclic amines) is 1. The summed E-state index contributed by atoms with van der Waals surface area (Å²) in [7, 11) is 0. The second kappa shape index (κ2) is 8.75. The van der Waals surface area contributed by atoms with E-state index < -0.39 is 5.60 Å². The van der Waals surface area contributed by atoms with E-state index in [1.54, 1.807) is 0 Å². The lowest BCUT2D eigenvalue weighted by molar-refractivity contribution is -0.134. The molecule has 154 valence electrons. The second-order valence-electron chi connectivity index (χ2n) is 8.36. The molecular formula is C19H35N5O3. The molecule has 8 heteroatoms. The van der Waals surface area contributed by atoms with Crippen LogP contribution in [0.4, 0.5) is 4.79 Å². The summed E-state index contributed by atoms with van der Waals surface area (Å²) < 4.78 is 5.78. The molecule has 0 radical (unpaired) electrons. The van der Waals surface area contributed by atoms with Crippen LogP contribution in [0.1, 0.15) is 33.1 Å². The summed E-state index contributed by atoms with van der Waals surface area (Å²) in [5, 5.41) is 0. The topological polar surface area (TPSA) is 82.3 Å². The summed E-state index contributed by atoms with van der Waals surface area (Å²) in [6.07, 6.45) is 1.64. The van der Waals surface area contributed by atoms with Gasteiger partial charge in [-0.1, -0.05) is 0 Å². The van der Waals surface area contributed by atoms with Crippen molar-refractivity contribution in [2.75, 3.05) is 65.4 Å². The van der Waals surface area contributed by atoms with Crippen molar-refractivity contribution in [2.45, 2.75) is 44.8 Å². The zero-order valence-corrected chi connectivity index (χ0v) is 16.9. The zero-order valence-electron chi connectivity index (χ0n) is 16.9. The molecule has 0 unspecified atom stereocenters. The molecule has 3 fully saturated rings. The average Bonchev–Trinajstić information content (AvgIpc) is 2.96. The van der Waals surface area contributed by atoms with Crippen LogP contribution in [0, 0.1) is 0 Å². The van der Waals surface area contributed by atoms with Crippen LogP contribution < -0.4 is 5.73 Å². The van der Waals surface area contributed by atoms with Gasteiger partial charge in [-0.25, -0.2) is 4.79 Å². The number of nitrogens with zero attached hydrogens (tertiary/aromatic N) is 4. The van der Waals surface area contributed by atoms with Crippen LogP contribution in [-0.2, 0) is 9.53 Å². The van der Waals surface area contributed by atoms with E-state index in [1.807, 2.05) is 9.80 Å². The molecule has 3 rings (SSSR count). The first kappa shape index (κ1) is 20.4. The van der Waals surface area contributed by atoms with Crippen molar-refractivity contribution in [3.8, 4) is 0 Å². The zero-order chi connectivity index (χ0) is 19.4. The summed E-state index contributed by atoms with van der Waals surface area (Å²) in [4.78, 5) is 33.0. The predicted octanol–water partition coefficient (Wildman–Crippen LogP) is 0.175. The molecular weight excluding hydrogens is 346 g/mol. The molecule has 2 N–H and O–H groups in total. The lowest BCUT2D eigenvalue weighted by Crippen LogP contribution is -2.51. The average molecular weight is 382 g/mol. The van der Waals surface area contributed by atoms with E-state index in [0.717, 1.165) is 52.1 Å². The van der Waals surface area contributed by atoms with Crippen LogP contribution in [0.25, 0.3) is 0 Å². The highest BCUT2D eigenvalue weighted by atomic mass is 16.6. The van der Waals surface area contributed by atoms with E-state index in [2.05, 4.69) is 23.6 Å². The fourth-order valence-corrected chi connectivity index (χ4v) is 4.34. The normalized spacial score (nSPS) is 24.1. The molecule has 0 aromatic rings. The number of rotatable bonds is 6. The minimum absolute atomic E-state index is 0.106. The summed E-state index contributed by atoms with van der Waals surface area (Å²) in [5.74, 6) is 0.106. The molecule has 0 saturated carbocycles. The van der Waals surface area contributed by atoms with Gasteiger partial charge < -0.3 is 20.3 Å². The first-order valence-electron chi connectivity index (χ1n) is 10.3. The molecule has 2 amide bonds. The van der Waals surface area contributed by atoms with Crippen molar-refractivity contribution in [3.05, 3.63) is 0 Å². The van der Waals surface area contributed by atoms with E-state index in [0.29, 0.717) is 38.6 Å². The predicted molar refractivity (Wildman–Crippen MR) is 103 cm³/mol. The Morgan fingerprint density at radius 1 is 1.11 bits per heavy atom. The molecule has 0 aliphatic carbocycles. The second-order valence-corrected chi connectivity index (χ2v) is 8.36. The molecule has 3 heterocycles. The van der Waals surface area contributed by atoms with Crippen molar-refractivity contribution < 1.29 is 14.3 Å². The van der Waals surface area contributed by atoms with Crippen LogP contribution in [0.2, 0.25) is 0 Å².